The summed E-state index contributed by atoms with van der Waals surface area (Å²) in [5, 5.41) is 3.14. The van der Waals surface area contributed by atoms with Crippen molar-refractivity contribution in [3.63, 3.8) is 0 Å². The lowest BCUT2D eigenvalue weighted by molar-refractivity contribution is -0.123. The Kier molecular flexibility index (Phi) is 8.54. The fourth-order valence-corrected chi connectivity index (χ4v) is 5.37. The van der Waals surface area contributed by atoms with Gasteiger partial charge in [0.05, 0.1) is 10.8 Å². The third-order valence-corrected chi connectivity index (χ3v) is 7.96. The number of likely N-dealkylation sites (tertiary alicyclic amines) is 1. The molecule has 5 nitrogen and oxygen atoms in total. The number of benzene rings is 3. The van der Waals surface area contributed by atoms with E-state index >= 15 is 0 Å². The number of rotatable bonds is 9. The van der Waals surface area contributed by atoms with Gasteiger partial charge in [-0.3, -0.25) is 4.79 Å². The molecule has 3 aromatic carbocycles. The summed E-state index contributed by atoms with van der Waals surface area (Å²) in [6, 6.07) is 26.8. The van der Waals surface area contributed by atoms with Crippen molar-refractivity contribution in [2.24, 2.45) is 0 Å². The van der Waals surface area contributed by atoms with Crippen LogP contribution in [0.15, 0.2) is 89.8 Å². The summed E-state index contributed by atoms with van der Waals surface area (Å²) >= 11 is 0. The highest BCUT2D eigenvalue weighted by Gasteiger charge is 2.25. The molecule has 0 aliphatic carbocycles. The van der Waals surface area contributed by atoms with Gasteiger partial charge in [-0.1, -0.05) is 72.8 Å². The zero-order valence-electron chi connectivity index (χ0n) is 20.5. The van der Waals surface area contributed by atoms with Crippen LogP contribution in [0.3, 0.4) is 0 Å². The number of nitrogens with zero attached hydrogens (tertiary/aromatic N) is 1. The molecule has 1 saturated heterocycles. The normalized spacial score (nSPS) is 16.1. The first-order chi connectivity index (χ1) is 17.3. The largest absolute Gasteiger partial charge is 0.353 e. The minimum Gasteiger partial charge on any atom is -0.353 e. The van der Waals surface area contributed by atoms with Gasteiger partial charge >= 0.3 is 10.2 Å². The predicted octanol–water partition coefficient (Wildman–Crippen LogP) is 5.25. The minimum absolute atomic E-state index is 0.0995. The SMILES string of the molecule is CC(C(=O)NC1CCN(CCC(c2ccccc2)c2ccccc2)CC1)c1ccc(S(=O)(=O)F)cc1. The first-order valence-electron chi connectivity index (χ1n) is 12.5. The third-order valence-electron chi connectivity index (χ3n) is 7.13. The van der Waals surface area contributed by atoms with Crippen LogP contribution in [0.5, 0.6) is 0 Å². The Balaban J connectivity index is 1.28. The molecule has 1 heterocycles. The molecule has 1 fully saturated rings. The van der Waals surface area contributed by atoms with Gasteiger partial charge in [-0.05, 0) is 61.6 Å². The maximum absolute atomic E-state index is 13.1. The Labute approximate surface area is 213 Å². The second-order valence-electron chi connectivity index (χ2n) is 9.52. The van der Waals surface area contributed by atoms with Gasteiger partial charge in [0.25, 0.3) is 0 Å². The molecule has 1 unspecified atom stereocenters. The van der Waals surface area contributed by atoms with E-state index < -0.39 is 21.0 Å². The van der Waals surface area contributed by atoms with Crippen molar-refractivity contribution in [3.05, 3.63) is 102 Å². The van der Waals surface area contributed by atoms with Gasteiger partial charge in [-0.2, -0.15) is 8.42 Å². The van der Waals surface area contributed by atoms with Crippen LogP contribution in [-0.2, 0) is 15.0 Å². The Hall–Kier alpha value is -3.03. The highest BCUT2D eigenvalue weighted by molar-refractivity contribution is 7.86. The highest BCUT2D eigenvalue weighted by Crippen LogP contribution is 2.28. The van der Waals surface area contributed by atoms with Crippen LogP contribution in [-0.4, -0.2) is 44.9 Å². The molecule has 1 atom stereocenters. The summed E-state index contributed by atoms with van der Waals surface area (Å²) in [6.07, 6.45) is 2.81. The molecule has 1 aliphatic rings. The molecule has 36 heavy (non-hydrogen) atoms. The molecule has 0 spiro atoms. The predicted molar refractivity (Wildman–Crippen MR) is 140 cm³/mol. The first kappa shape index (κ1) is 26.0. The standard InChI is InChI=1S/C29H33FN2O3S/c1-22(23-12-14-27(15-13-23)36(30,34)35)29(33)31-26-16-19-32(20-17-26)21-18-28(24-8-4-2-5-9-24)25-10-6-3-7-11-25/h2-15,22,26,28H,16-21H2,1H3,(H,31,33). The summed E-state index contributed by atoms with van der Waals surface area (Å²) in [5.41, 5.74) is 3.32. The quantitative estimate of drug-likeness (QED) is 0.401. The number of hydrogen-bond donors (Lipinski definition) is 1. The molecule has 7 heteroatoms. The Morgan fingerprint density at radius 2 is 1.42 bits per heavy atom. The molecule has 1 aliphatic heterocycles. The molecule has 0 saturated carbocycles. The molecule has 190 valence electrons. The second-order valence-corrected chi connectivity index (χ2v) is 10.9. The van der Waals surface area contributed by atoms with Crippen LogP contribution in [0, 0.1) is 0 Å². The maximum Gasteiger partial charge on any atom is 0.332 e. The van der Waals surface area contributed by atoms with Crippen molar-refractivity contribution >= 4 is 16.1 Å². The van der Waals surface area contributed by atoms with Crippen LogP contribution in [0.2, 0.25) is 0 Å². The molecular formula is C29H33FN2O3S. The number of carbonyl (C=O) groups is 1. The van der Waals surface area contributed by atoms with E-state index in [0.29, 0.717) is 11.5 Å². The van der Waals surface area contributed by atoms with E-state index in [-0.39, 0.29) is 11.9 Å². The lowest BCUT2D eigenvalue weighted by Crippen LogP contribution is -2.46. The Morgan fingerprint density at radius 3 is 1.92 bits per heavy atom. The van der Waals surface area contributed by atoms with Crippen molar-refractivity contribution in [2.45, 2.75) is 49.0 Å². The van der Waals surface area contributed by atoms with Gasteiger partial charge in [-0.25, -0.2) is 0 Å². The van der Waals surface area contributed by atoms with Crippen molar-refractivity contribution in [1.82, 2.24) is 10.2 Å². The number of carbonyl (C=O) groups excluding carboxylic acids is 1. The van der Waals surface area contributed by atoms with E-state index in [1.807, 2.05) is 0 Å². The van der Waals surface area contributed by atoms with Gasteiger partial charge in [0.1, 0.15) is 0 Å². The molecule has 1 amide bonds. The summed E-state index contributed by atoms with van der Waals surface area (Å²) < 4.78 is 35.1. The van der Waals surface area contributed by atoms with Crippen molar-refractivity contribution in [1.29, 1.82) is 0 Å². The van der Waals surface area contributed by atoms with Gasteiger partial charge in [0.15, 0.2) is 0 Å². The minimum atomic E-state index is -4.74. The molecule has 3 aromatic rings. The van der Waals surface area contributed by atoms with Crippen LogP contribution < -0.4 is 5.32 Å². The number of piperidine rings is 1. The third kappa shape index (κ3) is 6.80. The smallest absolute Gasteiger partial charge is 0.332 e. The zero-order valence-corrected chi connectivity index (χ0v) is 21.3. The maximum atomic E-state index is 13.1. The first-order valence-corrected chi connectivity index (χ1v) is 13.9. The summed E-state index contributed by atoms with van der Waals surface area (Å²) in [4.78, 5) is 14.9. The monoisotopic (exact) mass is 508 g/mol. The molecule has 0 radical (unpaired) electrons. The molecule has 0 bridgehead atoms. The topological polar surface area (TPSA) is 66.5 Å². The van der Waals surface area contributed by atoms with E-state index in [2.05, 4.69) is 70.9 Å². The fraction of sp³-hybridized carbons (Fsp3) is 0.345. The molecule has 0 aromatic heterocycles. The number of hydrogen-bond acceptors (Lipinski definition) is 4. The van der Waals surface area contributed by atoms with E-state index in [0.717, 1.165) is 38.9 Å². The van der Waals surface area contributed by atoms with Crippen LogP contribution in [0.25, 0.3) is 0 Å². The Morgan fingerprint density at radius 1 is 0.889 bits per heavy atom. The summed E-state index contributed by atoms with van der Waals surface area (Å²) in [5.74, 6) is -0.195. The fourth-order valence-electron chi connectivity index (χ4n) is 4.91. The highest BCUT2D eigenvalue weighted by atomic mass is 32.3. The number of amides is 1. The summed E-state index contributed by atoms with van der Waals surface area (Å²) in [7, 11) is -4.74. The second kappa shape index (κ2) is 11.8. The average Bonchev–Trinajstić information content (AvgIpc) is 2.90. The van der Waals surface area contributed by atoms with Gasteiger partial charge in [0.2, 0.25) is 5.91 Å². The van der Waals surface area contributed by atoms with E-state index in [1.165, 1.54) is 35.4 Å². The Bertz CT molecular complexity index is 1190. The lowest BCUT2D eigenvalue weighted by atomic mass is 9.88. The molecule has 1 N–H and O–H groups in total. The number of halogens is 1. The summed E-state index contributed by atoms with van der Waals surface area (Å²) in [6.45, 7) is 4.63. The van der Waals surface area contributed by atoms with E-state index in [9.17, 15) is 17.1 Å². The zero-order chi connectivity index (χ0) is 25.5. The lowest BCUT2D eigenvalue weighted by Gasteiger charge is -2.34. The van der Waals surface area contributed by atoms with Gasteiger partial charge in [-0.15, -0.1) is 3.89 Å². The average molecular weight is 509 g/mol. The van der Waals surface area contributed by atoms with Crippen LogP contribution in [0.1, 0.15) is 54.7 Å². The van der Waals surface area contributed by atoms with Crippen molar-refractivity contribution in [3.8, 4) is 0 Å². The molecular weight excluding hydrogens is 475 g/mol. The van der Waals surface area contributed by atoms with E-state index in [4.69, 9.17) is 0 Å². The van der Waals surface area contributed by atoms with Crippen molar-refractivity contribution < 1.29 is 17.1 Å². The van der Waals surface area contributed by atoms with Gasteiger partial charge < -0.3 is 10.2 Å². The molecule has 4 rings (SSSR count). The van der Waals surface area contributed by atoms with Crippen LogP contribution in [0.4, 0.5) is 3.89 Å². The van der Waals surface area contributed by atoms with Crippen molar-refractivity contribution in [2.75, 3.05) is 19.6 Å². The van der Waals surface area contributed by atoms with Gasteiger partial charge in [0, 0.05) is 25.0 Å². The van der Waals surface area contributed by atoms with E-state index in [1.54, 1.807) is 6.92 Å². The van der Waals surface area contributed by atoms with Crippen LogP contribution >= 0.6 is 0 Å². The number of nitrogens with one attached hydrogen (secondary N) is 1.